The number of aliphatic hydroxyl groups excluding tert-OH is 1. The molecule has 1 aliphatic heterocycles. The van der Waals surface area contributed by atoms with Crippen molar-refractivity contribution in [1.29, 1.82) is 0 Å². The largest absolute Gasteiger partial charge is 0.396 e. The highest BCUT2D eigenvalue weighted by Crippen LogP contribution is 2.47. The summed E-state index contributed by atoms with van der Waals surface area (Å²) in [5.41, 5.74) is 5.94. The van der Waals surface area contributed by atoms with Crippen LogP contribution in [0.25, 0.3) is 11.3 Å². The van der Waals surface area contributed by atoms with Crippen LogP contribution < -0.4 is 0 Å². The maximum atomic E-state index is 9.31. The first-order chi connectivity index (χ1) is 14.2. The minimum Gasteiger partial charge on any atom is -0.396 e. The van der Waals surface area contributed by atoms with Crippen LogP contribution >= 0.6 is 11.3 Å². The molecule has 1 saturated heterocycles. The van der Waals surface area contributed by atoms with Crippen LogP contribution in [0.2, 0.25) is 0 Å². The number of aromatic nitrogens is 1. The van der Waals surface area contributed by atoms with Crippen LogP contribution in [-0.2, 0) is 10.8 Å². The Kier molecular flexibility index (Phi) is 6.13. The highest BCUT2D eigenvalue weighted by atomic mass is 32.1. The lowest BCUT2D eigenvalue weighted by molar-refractivity contribution is 0.148. The lowest BCUT2D eigenvalue weighted by Crippen LogP contribution is -2.36. The van der Waals surface area contributed by atoms with Gasteiger partial charge in [-0.3, -0.25) is 0 Å². The predicted molar refractivity (Wildman–Crippen MR) is 128 cm³/mol. The van der Waals surface area contributed by atoms with E-state index in [1.165, 1.54) is 47.4 Å². The summed E-state index contributed by atoms with van der Waals surface area (Å²) in [6, 6.07) is 7.08. The molecule has 0 bridgehead atoms. The molecule has 164 valence electrons. The Labute approximate surface area is 186 Å². The van der Waals surface area contributed by atoms with Crippen molar-refractivity contribution in [3.05, 3.63) is 39.7 Å². The Morgan fingerprint density at radius 1 is 1.10 bits per heavy atom. The van der Waals surface area contributed by atoms with Crippen molar-refractivity contribution >= 4 is 11.3 Å². The van der Waals surface area contributed by atoms with Crippen molar-refractivity contribution in [2.75, 3.05) is 26.2 Å². The maximum Gasteiger partial charge on any atom is 0.0964 e. The molecule has 2 heterocycles. The van der Waals surface area contributed by atoms with Crippen molar-refractivity contribution in [3.63, 3.8) is 0 Å². The molecule has 0 radical (unpaired) electrons. The summed E-state index contributed by atoms with van der Waals surface area (Å²) >= 11 is 1.84. The molecule has 30 heavy (non-hydrogen) atoms. The van der Waals surface area contributed by atoms with E-state index >= 15 is 0 Å². The van der Waals surface area contributed by atoms with Gasteiger partial charge in [-0.25, -0.2) is 4.98 Å². The molecule has 2 aromatic rings. The second-order valence-corrected chi connectivity index (χ2v) is 11.9. The van der Waals surface area contributed by atoms with Crippen LogP contribution in [-0.4, -0.2) is 41.2 Å². The quantitative estimate of drug-likeness (QED) is 0.640. The van der Waals surface area contributed by atoms with E-state index in [4.69, 9.17) is 4.98 Å². The van der Waals surface area contributed by atoms with Gasteiger partial charge in [-0.15, -0.1) is 11.3 Å². The number of aliphatic hydroxyl groups is 1. The van der Waals surface area contributed by atoms with Gasteiger partial charge in [-0.2, -0.15) is 0 Å². The molecular weight excluding hydrogens is 388 g/mol. The van der Waals surface area contributed by atoms with Crippen molar-refractivity contribution in [2.45, 2.75) is 77.0 Å². The standard InChI is InChI=1S/C26H38N2OS/c1-18(16-29)15-28-12-8-19(9-13-28)24-27-23(17-30-24)20-6-7-21-22(14-20)26(4,5)11-10-25(21,2)3/h6-7,14,17-19,29H,8-13,15-16H2,1-5H3. The van der Waals surface area contributed by atoms with Gasteiger partial charge in [0.05, 0.1) is 10.7 Å². The van der Waals surface area contributed by atoms with Crippen molar-refractivity contribution < 1.29 is 5.11 Å². The third kappa shape index (κ3) is 4.37. The van der Waals surface area contributed by atoms with Gasteiger partial charge in [-0.05, 0) is 72.7 Å². The average Bonchev–Trinajstić information content (AvgIpc) is 3.22. The third-order valence-electron chi connectivity index (χ3n) is 7.49. The number of fused-ring (bicyclic) bond motifs is 1. The van der Waals surface area contributed by atoms with Crippen molar-refractivity contribution in [1.82, 2.24) is 9.88 Å². The maximum absolute atomic E-state index is 9.31. The van der Waals surface area contributed by atoms with E-state index in [0.29, 0.717) is 11.8 Å². The van der Waals surface area contributed by atoms with E-state index in [1.54, 1.807) is 0 Å². The van der Waals surface area contributed by atoms with Gasteiger partial charge < -0.3 is 10.0 Å². The first kappa shape index (κ1) is 22.0. The number of nitrogens with zero attached hydrogens (tertiary/aromatic N) is 2. The van der Waals surface area contributed by atoms with Gasteiger partial charge in [0.2, 0.25) is 0 Å². The molecule has 1 N–H and O–H groups in total. The molecule has 1 fully saturated rings. The van der Waals surface area contributed by atoms with Crippen LogP contribution in [0.3, 0.4) is 0 Å². The minimum absolute atomic E-state index is 0.234. The molecule has 1 aliphatic carbocycles. The third-order valence-corrected chi connectivity index (χ3v) is 8.50. The SMILES string of the molecule is CC(CO)CN1CCC(c2nc(-c3ccc4c(c3)C(C)(C)CCC4(C)C)cs2)CC1. The van der Waals surface area contributed by atoms with E-state index in [0.717, 1.165) is 25.3 Å². The van der Waals surface area contributed by atoms with Gasteiger partial charge in [0.25, 0.3) is 0 Å². The Bertz CT molecular complexity index is 877. The summed E-state index contributed by atoms with van der Waals surface area (Å²) in [5, 5.41) is 12.9. The van der Waals surface area contributed by atoms with Crippen LogP contribution in [0.4, 0.5) is 0 Å². The number of rotatable bonds is 5. The zero-order valence-corrected chi connectivity index (χ0v) is 20.2. The van der Waals surface area contributed by atoms with Gasteiger partial charge in [0.15, 0.2) is 0 Å². The van der Waals surface area contributed by atoms with E-state index in [-0.39, 0.29) is 17.4 Å². The van der Waals surface area contributed by atoms with Crippen LogP contribution in [0.15, 0.2) is 23.6 Å². The Balaban J connectivity index is 1.50. The summed E-state index contributed by atoms with van der Waals surface area (Å²) in [5.74, 6) is 0.948. The fraction of sp³-hybridized carbons (Fsp3) is 0.654. The Morgan fingerprint density at radius 2 is 1.77 bits per heavy atom. The second kappa shape index (κ2) is 8.37. The van der Waals surface area contributed by atoms with E-state index in [1.807, 2.05) is 11.3 Å². The number of thiazole rings is 1. The lowest BCUT2D eigenvalue weighted by Gasteiger charge is -2.42. The predicted octanol–water partition coefficient (Wildman–Crippen LogP) is 5.97. The zero-order valence-electron chi connectivity index (χ0n) is 19.4. The van der Waals surface area contributed by atoms with Crippen LogP contribution in [0.1, 0.15) is 82.4 Å². The fourth-order valence-corrected chi connectivity index (χ4v) is 6.22. The van der Waals surface area contributed by atoms with E-state index < -0.39 is 0 Å². The van der Waals surface area contributed by atoms with Gasteiger partial charge in [0.1, 0.15) is 0 Å². The molecule has 1 aromatic heterocycles. The van der Waals surface area contributed by atoms with E-state index in [9.17, 15) is 5.11 Å². The van der Waals surface area contributed by atoms with Crippen molar-refractivity contribution in [2.24, 2.45) is 5.92 Å². The van der Waals surface area contributed by atoms with Gasteiger partial charge in [-0.1, -0.05) is 46.8 Å². The minimum atomic E-state index is 0.234. The first-order valence-electron chi connectivity index (χ1n) is 11.6. The molecule has 1 aromatic carbocycles. The summed E-state index contributed by atoms with van der Waals surface area (Å²) in [7, 11) is 0. The number of likely N-dealkylation sites (tertiary alicyclic amines) is 1. The van der Waals surface area contributed by atoms with Crippen molar-refractivity contribution in [3.8, 4) is 11.3 Å². The molecule has 0 spiro atoms. The van der Waals surface area contributed by atoms with Gasteiger partial charge >= 0.3 is 0 Å². The first-order valence-corrected chi connectivity index (χ1v) is 12.5. The second-order valence-electron chi connectivity index (χ2n) is 11.0. The average molecular weight is 427 g/mol. The molecular formula is C26H38N2OS. The topological polar surface area (TPSA) is 36.4 Å². The van der Waals surface area contributed by atoms with Crippen LogP contribution in [0.5, 0.6) is 0 Å². The molecule has 0 saturated carbocycles. The fourth-order valence-electron chi connectivity index (χ4n) is 5.22. The zero-order chi connectivity index (χ0) is 21.5. The molecule has 1 unspecified atom stereocenters. The summed E-state index contributed by atoms with van der Waals surface area (Å²) < 4.78 is 0. The Morgan fingerprint density at radius 3 is 2.43 bits per heavy atom. The molecule has 0 amide bonds. The summed E-state index contributed by atoms with van der Waals surface area (Å²) in [6.07, 6.45) is 4.85. The Hall–Kier alpha value is -1.23. The molecule has 4 heteroatoms. The summed E-state index contributed by atoms with van der Waals surface area (Å²) in [4.78, 5) is 7.60. The van der Waals surface area contributed by atoms with Crippen LogP contribution in [0, 0.1) is 5.92 Å². The van der Waals surface area contributed by atoms with E-state index in [2.05, 4.69) is 63.1 Å². The number of benzene rings is 1. The highest BCUT2D eigenvalue weighted by molar-refractivity contribution is 7.10. The lowest BCUT2D eigenvalue weighted by atomic mass is 9.63. The molecule has 2 aliphatic rings. The normalized spacial score (nSPS) is 22.6. The smallest absolute Gasteiger partial charge is 0.0964 e. The number of hydrogen-bond acceptors (Lipinski definition) is 4. The molecule has 1 atom stereocenters. The highest BCUT2D eigenvalue weighted by Gasteiger charge is 2.37. The molecule has 3 nitrogen and oxygen atoms in total. The van der Waals surface area contributed by atoms with Gasteiger partial charge in [0, 0.05) is 30.0 Å². The molecule has 4 rings (SSSR count). The number of hydrogen-bond donors (Lipinski definition) is 1. The number of piperidine rings is 1. The summed E-state index contributed by atoms with van der Waals surface area (Å²) in [6.45, 7) is 15.2. The monoisotopic (exact) mass is 426 g/mol.